The van der Waals surface area contributed by atoms with Gasteiger partial charge in [-0.3, -0.25) is 0 Å². The summed E-state index contributed by atoms with van der Waals surface area (Å²) in [5.41, 5.74) is 1.14. The van der Waals surface area contributed by atoms with Crippen LogP contribution < -0.4 is 0 Å². The molecule has 2 nitrogen and oxygen atoms in total. The van der Waals surface area contributed by atoms with Crippen molar-refractivity contribution in [2.45, 2.75) is 5.16 Å². The van der Waals surface area contributed by atoms with Crippen LogP contribution in [0.4, 0.5) is 0 Å². The summed E-state index contributed by atoms with van der Waals surface area (Å²) < 4.78 is 4.20. The standard InChI is InChI=1S/C9H8N2S2/c1-12-9-10-8(13-11-9)7-5-3-2-4-6-7/h2-6H,1H3. The average Bonchev–Trinajstić information content (AvgIpc) is 2.67. The van der Waals surface area contributed by atoms with Crippen LogP contribution in [-0.2, 0) is 0 Å². The lowest BCUT2D eigenvalue weighted by Crippen LogP contribution is -1.75. The molecule has 1 heterocycles. The summed E-state index contributed by atoms with van der Waals surface area (Å²) in [6.07, 6.45) is 1.98. The van der Waals surface area contributed by atoms with Crippen LogP contribution in [0.5, 0.6) is 0 Å². The molecule has 0 saturated heterocycles. The maximum absolute atomic E-state index is 4.37. The Labute approximate surface area is 85.2 Å². The number of rotatable bonds is 2. The van der Waals surface area contributed by atoms with E-state index in [2.05, 4.69) is 9.36 Å². The highest BCUT2D eigenvalue weighted by Crippen LogP contribution is 2.23. The number of thioether (sulfide) groups is 1. The summed E-state index contributed by atoms with van der Waals surface area (Å²) in [5, 5.41) is 1.84. The highest BCUT2D eigenvalue weighted by molar-refractivity contribution is 7.98. The Morgan fingerprint density at radius 1 is 1.23 bits per heavy atom. The van der Waals surface area contributed by atoms with Crippen molar-refractivity contribution >= 4 is 23.3 Å². The van der Waals surface area contributed by atoms with Gasteiger partial charge in [-0.05, 0) is 17.8 Å². The quantitative estimate of drug-likeness (QED) is 0.710. The number of nitrogens with zero attached hydrogens (tertiary/aromatic N) is 2. The molecular formula is C9H8N2S2. The van der Waals surface area contributed by atoms with Crippen LogP contribution >= 0.6 is 23.3 Å². The first-order valence-electron chi connectivity index (χ1n) is 3.83. The molecule has 0 bridgehead atoms. The van der Waals surface area contributed by atoms with Gasteiger partial charge in [0.15, 0.2) is 5.16 Å². The summed E-state index contributed by atoms with van der Waals surface area (Å²) in [7, 11) is 0. The summed E-state index contributed by atoms with van der Waals surface area (Å²) in [4.78, 5) is 4.37. The molecule has 0 fully saturated rings. The van der Waals surface area contributed by atoms with E-state index in [9.17, 15) is 0 Å². The lowest BCUT2D eigenvalue weighted by Gasteiger charge is -1.91. The van der Waals surface area contributed by atoms with Crippen molar-refractivity contribution < 1.29 is 0 Å². The molecule has 1 aromatic carbocycles. The molecule has 2 rings (SSSR count). The zero-order valence-electron chi connectivity index (χ0n) is 7.10. The molecule has 0 N–H and O–H groups in total. The third-order valence-electron chi connectivity index (χ3n) is 1.61. The fourth-order valence-corrected chi connectivity index (χ4v) is 2.22. The molecule has 0 unspecified atom stereocenters. The van der Waals surface area contributed by atoms with E-state index in [-0.39, 0.29) is 0 Å². The normalized spacial score (nSPS) is 10.2. The van der Waals surface area contributed by atoms with Crippen LogP contribution in [0.1, 0.15) is 0 Å². The zero-order chi connectivity index (χ0) is 9.10. The second-order valence-electron chi connectivity index (χ2n) is 2.45. The van der Waals surface area contributed by atoms with Crippen molar-refractivity contribution in [3.05, 3.63) is 30.3 Å². The molecule has 0 saturated carbocycles. The molecule has 2 aromatic rings. The smallest absolute Gasteiger partial charge is 0.200 e. The molecule has 66 valence electrons. The molecule has 13 heavy (non-hydrogen) atoms. The van der Waals surface area contributed by atoms with E-state index in [1.54, 1.807) is 11.8 Å². The number of hydrogen-bond donors (Lipinski definition) is 0. The Morgan fingerprint density at radius 3 is 2.62 bits per heavy atom. The Kier molecular flexibility index (Phi) is 2.61. The zero-order valence-corrected chi connectivity index (χ0v) is 8.73. The van der Waals surface area contributed by atoms with Crippen LogP contribution in [0, 0.1) is 0 Å². The predicted octanol–water partition coefficient (Wildman–Crippen LogP) is 2.93. The van der Waals surface area contributed by atoms with Gasteiger partial charge in [-0.25, -0.2) is 4.98 Å². The van der Waals surface area contributed by atoms with Crippen LogP contribution in [0.15, 0.2) is 35.5 Å². The van der Waals surface area contributed by atoms with Crippen molar-refractivity contribution in [3.63, 3.8) is 0 Å². The number of benzene rings is 1. The summed E-state index contributed by atoms with van der Waals surface area (Å²) in [6.45, 7) is 0. The Morgan fingerprint density at radius 2 is 2.00 bits per heavy atom. The van der Waals surface area contributed by atoms with E-state index in [1.807, 2.05) is 36.6 Å². The van der Waals surface area contributed by atoms with Gasteiger partial charge in [0, 0.05) is 5.56 Å². The molecule has 1 aromatic heterocycles. The van der Waals surface area contributed by atoms with Gasteiger partial charge in [-0.2, -0.15) is 4.37 Å². The molecule has 0 atom stereocenters. The minimum absolute atomic E-state index is 0.851. The topological polar surface area (TPSA) is 25.8 Å². The van der Waals surface area contributed by atoms with Crippen molar-refractivity contribution in [2.24, 2.45) is 0 Å². The number of aromatic nitrogens is 2. The third kappa shape index (κ3) is 1.89. The SMILES string of the molecule is CSc1nsc(-c2ccccc2)n1. The molecule has 0 aliphatic carbocycles. The van der Waals surface area contributed by atoms with Crippen molar-refractivity contribution in [1.29, 1.82) is 0 Å². The van der Waals surface area contributed by atoms with E-state index in [0.717, 1.165) is 15.7 Å². The number of hydrogen-bond acceptors (Lipinski definition) is 4. The fourth-order valence-electron chi connectivity index (χ4n) is 0.991. The predicted molar refractivity (Wildman–Crippen MR) is 57.1 cm³/mol. The van der Waals surface area contributed by atoms with Gasteiger partial charge in [-0.1, -0.05) is 42.1 Å². The van der Waals surface area contributed by atoms with Crippen LogP contribution in [0.25, 0.3) is 10.6 Å². The first-order chi connectivity index (χ1) is 6.40. The molecular weight excluding hydrogens is 200 g/mol. The second kappa shape index (κ2) is 3.89. The summed E-state index contributed by atoms with van der Waals surface area (Å²) >= 11 is 3.02. The molecule has 0 spiro atoms. The lowest BCUT2D eigenvalue weighted by atomic mass is 10.2. The molecule has 0 aliphatic rings. The monoisotopic (exact) mass is 208 g/mol. The van der Waals surface area contributed by atoms with Gasteiger partial charge in [0.1, 0.15) is 5.01 Å². The lowest BCUT2D eigenvalue weighted by molar-refractivity contribution is 1.09. The fraction of sp³-hybridized carbons (Fsp3) is 0.111. The van der Waals surface area contributed by atoms with Gasteiger partial charge in [0.25, 0.3) is 0 Å². The van der Waals surface area contributed by atoms with Gasteiger partial charge in [-0.15, -0.1) is 0 Å². The van der Waals surface area contributed by atoms with Gasteiger partial charge in [0.2, 0.25) is 0 Å². The van der Waals surface area contributed by atoms with Gasteiger partial charge in [0.05, 0.1) is 0 Å². The molecule has 0 aliphatic heterocycles. The first kappa shape index (κ1) is 8.72. The minimum Gasteiger partial charge on any atom is -0.209 e. The summed E-state index contributed by atoms with van der Waals surface area (Å²) in [6, 6.07) is 10.1. The minimum atomic E-state index is 0.851. The van der Waals surface area contributed by atoms with E-state index in [4.69, 9.17) is 0 Å². The summed E-state index contributed by atoms with van der Waals surface area (Å²) in [5.74, 6) is 0. The van der Waals surface area contributed by atoms with Gasteiger partial charge < -0.3 is 0 Å². The van der Waals surface area contributed by atoms with Gasteiger partial charge >= 0.3 is 0 Å². The second-order valence-corrected chi connectivity index (χ2v) is 3.98. The highest BCUT2D eigenvalue weighted by atomic mass is 32.2. The van der Waals surface area contributed by atoms with E-state index in [1.165, 1.54) is 11.5 Å². The van der Waals surface area contributed by atoms with Crippen LogP contribution in [-0.4, -0.2) is 15.6 Å². The Hall–Kier alpha value is -0.870. The maximum Gasteiger partial charge on any atom is 0.200 e. The van der Waals surface area contributed by atoms with Crippen molar-refractivity contribution in [3.8, 4) is 10.6 Å². The third-order valence-corrected chi connectivity index (χ3v) is 3.04. The first-order valence-corrected chi connectivity index (χ1v) is 5.83. The Balaban J connectivity index is 2.36. The highest BCUT2D eigenvalue weighted by Gasteiger charge is 2.03. The Bertz CT molecular complexity index is 384. The van der Waals surface area contributed by atoms with Crippen LogP contribution in [0.3, 0.4) is 0 Å². The molecule has 0 radical (unpaired) electrons. The average molecular weight is 208 g/mol. The molecule has 0 amide bonds. The van der Waals surface area contributed by atoms with Crippen LogP contribution in [0.2, 0.25) is 0 Å². The van der Waals surface area contributed by atoms with E-state index in [0.29, 0.717) is 0 Å². The maximum atomic E-state index is 4.37. The molecule has 4 heteroatoms. The van der Waals surface area contributed by atoms with Crippen molar-refractivity contribution in [2.75, 3.05) is 6.26 Å². The van der Waals surface area contributed by atoms with E-state index >= 15 is 0 Å². The van der Waals surface area contributed by atoms with Crippen molar-refractivity contribution in [1.82, 2.24) is 9.36 Å². The largest absolute Gasteiger partial charge is 0.209 e. The van der Waals surface area contributed by atoms with E-state index < -0.39 is 0 Å².